The van der Waals surface area contributed by atoms with Crippen molar-refractivity contribution in [2.75, 3.05) is 18.9 Å². The number of carbonyl (C=O) groups is 1. The molecule has 23 heavy (non-hydrogen) atoms. The van der Waals surface area contributed by atoms with Gasteiger partial charge in [-0.2, -0.15) is 5.10 Å². The molecule has 2 aromatic rings. The van der Waals surface area contributed by atoms with E-state index >= 15 is 0 Å². The maximum absolute atomic E-state index is 11.7. The Labute approximate surface area is 140 Å². The van der Waals surface area contributed by atoms with E-state index in [2.05, 4.69) is 53.4 Å². The number of benzene rings is 1. The van der Waals surface area contributed by atoms with Gasteiger partial charge < -0.3 is 10.1 Å². The summed E-state index contributed by atoms with van der Waals surface area (Å²) in [6.07, 6.45) is 1.42. The molecule has 0 aliphatic heterocycles. The van der Waals surface area contributed by atoms with E-state index < -0.39 is 0 Å². The van der Waals surface area contributed by atoms with Gasteiger partial charge in [0.15, 0.2) is 5.16 Å². The number of ether oxygens (including phenoxy) is 1. The van der Waals surface area contributed by atoms with Crippen LogP contribution in [0, 0.1) is 0 Å². The molecule has 0 aliphatic rings. The predicted molar refractivity (Wildman–Crippen MR) is 90.8 cm³/mol. The Morgan fingerprint density at radius 3 is 2.65 bits per heavy atom. The highest BCUT2D eigenvalue weighted by atomic mass is 32.2. The van der Waals surface area contributed by atoms with Gasteiger partial charge >= 0.3 is 0 Å². The number of rotatable bonds is 7. The molecule has 1 heterocycles. The topological polar surface area (TPSA) is 79.9 Å². The van der Waals surface area contributed by atoms with Crippen LogP contribution in [0.1, 0.15) is 26.3 Å². The number of carbonyl (C=O) groups excluding carboxylic acids is 1. The molecule has 2 rings (SSSR count). The van der Waals surface area contributed by atoms with Crippen LogP contribution in [0.3, 0.4) is 0 Å². The molecule has 0 saturated carbocycles. The first kappa shape index (κ1) is 17.3. The molecule has 6 nitrogen and oxygen atoms in total. The lowest BCUT2D eigenvalue weighted by Gasteiger charge is -2.19. The van der Waals surface area contributed by atoms with Gasteiger partial charge in [-0.25, -0.2) is 4.98 Å². The Balaban J connectivity index is 1.64. The molecule has 1 aromatic heterocycles. The number of hydrogen-bond acceptors (Lipinski definition) is 5. The molecule has 0 atom stereocenters. The van der Waals surface area contributed by atoms with E-state index in [1.165, 1.54) is 23.7 Å². The smallest absolute Gasteiger partial charge is 0.230 e. The number of aromatic nitrogens is 3. The predicted octanol–water partition coefficient (Wildman–Crippen LogP) is 2.39. The van der Waals surface area contributed by atoms with Gasteiger partial charge in [0.25, 0.3) is 0 Å². The zero-order valence-electron chi connectivity index (χ0n) is 13.6. The lowest BCUT2D eigenvalue weighted by molar-refractivity contribution is -0.118. The molecule has 0 bridgehead atoms. The van der Waals surface area contributed by atoms with E-state index in [1.807, 2.05) is 12.1 Å². The van der Waals surface area contributed by atoms with Crippen molar-refractivity contribution in [2.45, 2.75) is 31.3 Å². The van der Waals surface area contributed by atoms with Crippen molar-refractivity contribution < 1.29 is 9.53 Å². The van der Waals surface area contributed by atoms with Crippen molar-refractivity contribution in [1.82, 2.24) is 20.5 Å². The van der Waals surface area contributed by atoms with E-state index in [0.717, 1.165) is 5.75 Å². The molecule has 124 valence electrons. The average Bonchev–Trinajstić information content (AvgIpc) is 3.02. The number of aromatic amines is 1. The van der Waals surface area contributed by atoms with E-state index in [4.69, 9.17) is 4.74 Å². The zero-order chi connectivity index (χ0) is 16.7. The van der Waals surface area contributed by atoms with Gasteiger partial charge in [0, 0.05) is 0 Å². The molecular weight excluding hydrogens is 312 g/mol. The maximum Gasteiger partial charge on any atom is 0.230 e. The monoisotopic (exact) mass is 334 g/mol. The molecule has 0 unspecified atom stereocenters. The number of amides is 1. The summed E-state index contributed by atoms with van der Waals surface area (Å²) in [5.41, 5.74) is 1.40. The summed E-state index contributed by atoms with van der Waals surface area (Å²) in [6, 6.07) is 8.06. The molecule has 7 heteroatoms. The van der Waals surface area contributed by atoms with Gasteiger partial charge in [-0.15, -0.1) is 0 Å². The summed E-state index contributed by atoms with van der Waals surface area (Å²) >= 11 is 1.31. The second kappa shape index (κ2) is 8.01. The molecule has 2 N–H and O–H groups in total. The SMILES string of the molecule is CC(C)(C)c1ccc(OCCNC(=O)CSc2ncn[nH]2)cc1. The third-order valence-electron chi connectivity index (χ3n) is 3.15. The van der Waals surface area contributed by atoms with Gasteiger partial charge in [-0.05, 0) is 23.1 Å². The van der Waals surface area contributed by atoms with Crippen LogP contribution in [0.5, 0.6) is 5.75 Å². The van der Waals surface area contributed by atoms with Crippen LogP contribution in [-0.2, 0) is 10.2 Å². The fourth-order valence-electron chi connectivity index (χ4n) is 1.86. The second-order valence-electron chi connectivity index (χ2n) is 6.05. The minimum Gasteiger partial charge on any atom is -0.492 e. The highest BCUT2D eigenvalue weighted by Gasteiger charge is 2.12. The van der Waals surface area contributed by atoms with E-state index in [9.17, 15) is 4.79 Å². The van der Waals surface area contributed by atoms with Gasteiger partial charge in [-0.1, -0.05) is 44.7 Å². The van der Waals surface area contributed by atoms with Crippen molar-refractivity contribution in [3.63, 3.8) is 0 Å². The summed E-state index contributed by atoms with van der Waals surface area (Å²) in [5, 5.41) is 9.85. The molecule has 1 aromatic carbocycles. The zero-order valence-corrected chi connectivity index (χ0v) is 14.4. The van der Waals surface area contributed by atoms with Crippen molar-refractivity contribution in [3.05, 3.63) is 36.2 Å². The fourth-order valence-corrected chi connectivity index (χ4v) is 2.47. The van der Waals surface area contributed by atoms with Gasteiger partial charge in [-0.3, -0.25) is 9.89 Å². The van der Waals surface area contributed by atoms with Gasteiger partial charge in [0.2, 0.25) is 5.91 Å². The Morgan fingerprint density at radius 1 is 1.30 bits per heavy atom. The molecule has 0 spiro atoms. The normalized spacial score (nSPS) is 11.3. The van der Waals surface area contributed by atoms with Gasteiger partial charge in [0.05, 0.1) is 12.3 Å². The molecule has 1 amide bonds. The third kappa shape index (κ3) is 5.94. The number of H-pyrrole nitrogens is 1. The van der Waals surface area contributed by atoms with Crippen LogP contribution in [0.4, 0.5) is 0 Å². The van der Waals surface area contributed by atoms with Crippen LogP contribution in [0.2, 0.25) is 0 Å². The first-order valence-electron chi connectivity index (χ1n) is 7.43. The molecule has 0 fully saturated rings. The van der Waals surface area contributed by atoms with Crippen molar-refractivity contribution >= 4 is 17.7 Å². The van der Waals surface area contributed by atoms with Crippen molar-refractivity contribution in [3.8, 4) is 5.75 Å². The van der Waals surface area contributed by atoms with E-state index in [-0.39, 0.29) is 11.3 Å². The van der Waals surface area contributed by atoms with Crippen LogP contribution in [-0.4, -0.2) is 40.0 Å². The Morgan fingerprint density at radius 2 is 2.04 bits per heavy atom. The molecule has 0 radical (unpaired) electrons. The molecule has 0 aliphatic carbocycles. The highest BCUT2D eigenvalue weighted by molar-refractivity contribution is 7.99. The maximum atomic E-state index is 11.7. The quantitative estimate of drug-likeness (QED) is 0.600. The van der Waals surface area contributed by atoms with Crippen LogP contribution >= 0.6 is 11.8 Å². The van der Waals surface area contributed by atoms with Crippen LogP contribution in [0.25, 0.3) is 0 Å². The van der Waals surface area contributed by atoms with E-state index in [0.29, 0.717) is 24.1 Å². The fraction of sp³-hybridized carbons (Fsp3) is 0.438. The minimum absolute atomic E-state index is 0.0573. The standard InChI is InChI=1S/C16H22N4O2S/c1-16(2,3)12-4-6-13(7-5-12)22-9-8-17-14(21)10-23-15-18-11-19-20-15/h4-7,11H,8-10H2,1-3H3,(H,17,21)(H,18,19,20). The summed E-state index contributed by atoms with van der Waals surface area (Å²) in [7, 11) is 0. The number of nitrogens with one attached hydrogen (secondary N) is 2. The summed E-state index contributed by atoms with van der Waals surface area (Å²) in [4.78, 5) is 15.6. The van der Waals surface area contributed by atoms with E-state index in [1.54, 1.807) is 0 Å². The van der Waals surface area contributed by atoms with Crippen molar-refractivity contribution in [2.24, 2.45) is 0 Å². The Hall–Kier alpha value is -2.02. The largest absolute Gasteiger partial charge is 0.492 e. The molecule has 0 saturated heterocycles. The third-order valence-corrected chi connectivity index (χ3v) is 4.02. The lowest BCUT2D eigenvalue weighted by Crippen LogP contribution is -2.29. The summed E-state index contributed by atoms with van der Waals surface area (Å²) in [6.45, 7) is 7.43. The Kier molecular flexibility index (Phi) is 6.04. The van der Waals surface area contributed by atoms with Crippen molar-refractivity contribution in [1.29, 1.82) is 0 Å². The number of hydrogen-bond donors (Lipinski definition) is 2. The number of thioether (sulfide) groups is 1. The second-order valence-corrected chi connectivity index (χ2v) is 7.02. The first-order valence-corrected chi connectivity index (χ1v) is 8.42. The summed E-state index contributed by atoms with van der Waals surface area (Å²) < 4.78 is 5.62. The molecular formula is C16H22N4O2S. The Bertz CT molecular complexity index is 606. The average molecular weight is 334 g/mol. The van der Waals surface area contributed by atoms with Crippen LogP contribution in [0.15, 0.2) is 35.7 Å². The van der Waals surface area contributed by atoms with Gasteiger partial charge in [0.1, 0.15) is 18.7 Å². The lowest BCUT2D eigenvalue weighted by atomic mass is 9.87. The summed E-state index contributed by atoms with van der Waals surface area (Å²) in [5.74, 6) is 1.05. The first-order chi connectivity index (χ1) is 10.9. The highest BCUT2D eigenvalue weighted by Crippen LogP contribution is 2.24. The van der Waals surface area contributed by atoms with Crippen LogP contribution < -0.4 is 10.1 Å². The minimum atomic E-state index is -0.0573. The number of nitrogens with zero attached hydrogens (tertiary/aromatic N) is 2.